The van der Waals surface area contributed by atoms with E-state index in [4.69, 9.17) is 4.43 Å². The lowest BCUT2D eigenvalue weighted by Gasteiger charge is -2.34. The molecule has 0 aliphatic carbocycles. The van der Waals surface area contributed by atoms with Crippen molar-refractivity contribution in [1.82, 2.24) is 0 Å². The fourth-order valence-electron chi connectivity index (χ4n) is 3.80. The highest BCUT2D eigenvalue weighted by atomic mass is 28.4. The monoisotopic (exact) mass is 380 g/mol. The van der Waals surface area contributed by atoms with Gasteiger partial charge in [-0.15, -0.1) is 0 Å². The first kappa shape index (κ1) is 18.4. The van der Waals surface area contributed by atoms with E-state index in [0.29, 0.717) is 6.61 Å². The molecule has 0 heterocycles. The zero-order chi connectivity index (χ0) is 19.2. The van der Waals surface area contributed by atoms with Crippen molar-refractivity contribution in [2.75, 3.05) is 0 Å². The van der Waals surface area contributed by atoms with Crippen LogP contribution in [0.5, 0.6) is 0 Å². The number of aryl methyl sites for hydroxylation is 1. The molecule has 138 valence electrons. The molecule has 0 amide bonds. The van der Waals surface area contributed by atoms with Gasteiger partial charge in [0.15, 0.2) is 0 Å². The number of benzene rings is 4. The van der Waals surface area contributed by atoms with Gasteiger partial charge in [0.05, 0.1) is 6.61 Å². The van der Waals surface area contributed by atoms with Gasteiger partial charge in [-0.3, -0.25) is 0 Å². The summed E-state index contributed by atoms with van der Waals surface area (Å²) in [6.07, 6.45) is 0. The lowest BCUT2D eigenvalue weighted by atomic mass is 10.2. The van der Waals surface area contributed by atoms with Crippen molar-refractivity contribution in [3.63, 3.8) is 0 Å². The molecular weight excluding hydrogens is 356 g/mol. The third-order valence-electron chi connectivity index (χ3n) is 5.18. The molecule has 4 rings (SSSR count). The van der Waals surface area contributed by atoms with E-state index in [0.717, 1.165) is 0 Å². The summed E-state index contributed by atoms with van der Waals surface area (Å²) in [5.41, 5.74) is 2.47. The first-order chi connectivity index (χ1) is 13.8. The Hall–Kier alpha value is -2.94. The van der Waals surface area contributed by atoms with E-state index >= 15 is 0 Å². The second kappa shape index (κ2) is 8.38. The predicted octanol–water partition coefficient (Wildman–Crippen LogP) is 4.18. The van der Waals surface area contributed by atoms with Gasteiger partial charge in [0.2, 0.25) is 0 Å². The van der Waals surface area contributed by atoms with Crippen molar-refractivity contribution < 1.29 is 4.43 Å². The van der Waals surface area contributed by atoms with Gasteiger partial charge < -0.3 is 4.43 Å². The van der Waals surface area contributed by atoms with Gasteiger partial charge in [0, 0.05) is 0 Å². The molecule has 0 radical (unpaired) electrons. The maximum absolute atomic E-state index is 6.99. The molecule has 0 saturated heterocycles. The normalized spacial score (nSPS) is 11.3. The van der Waals surface area contributed by atoms with Crippen LogP contribution in [0.15, 0.2) is 115 Å². The van der Waals surface area contributed by atoms with Crippen LogP contribution in [0.25, 0.3) is 0 Å². The second-order valence-corrected chi connectivity index (χ2v) is 10.3. The number of hydrogen-bond donors (Lipinski definition) is 0. The molecule has 0 fully saturated rings. The summed E-state index contributed by atoms with van der Waals surface area (Å²) in [5, 5.41) is 3.85. The van der Waals surface area contributed by atoms with Gasteiger partial charge in [-0.05, 0) is 33.6 Å². The molecule has 0 saturated carbocycles. The molecule has 0 unspecified atom stereocenters. The quantitative estimate of drug-likeness (QED) is 0.360. The van der Waals surface area contributed by atoms with Gasteiger partial charge in [0.1, 0.15) is 0 Å². The third-order valence-corrected chi connectivity index (χ3v) is 9.37. The largest absolute Gasteiger partial charge is 0.400 e. The maximum atomic E-state index is 6.99. The van der Waals surface area contributed by atoms with Crippen LogP contribution in [0.1, 0.15) is 11.1 Å². The van der Waals surface area contributed by atoms with Crippen LogP contribution in [0, 0.1) is 6.92 Å². The molecular formula is C26H24OSi. The van der Waals surface area contributed by atoms with Crippen LogP contribution in [-0.2, 0) is 11.0 Å². The van der Waals surface area contributed by atoms with E-state index in [-0.39, 0.29) is 0 Å². The second-order valence-electron chi connectivity index (χ2n) is 7.00. The minimum absolute atomic E-state index is 0.588. The predicted molar refractivity (Wildman–Crippen MR) is 120 cm³/mol. The van der Waals surface area contributed by atoms with Crippen molar-refractivity contribution in [2.45, 2.75) is 13.5 Å². The van der Waals surface area contributed by atoms with Crippen molar-refractivity contribution in [1.29, 1.82) is 0 Å². The summed E-state index contributed by atoms with van der Waals surface area (Å²) >= 11 is 0. The highest BCUT2D eigenvalue weighted by molar-refractivity contribution is 7.07. The van der Waals surface area contributed by atoms with Gasteiger partial charge in [-0.1, -0.05) is 115 Å². The smallest absolute Gasteiger partial charge is 0.288 e. The standard InChI is InChI=1S/C26H24OSi/c1-22-13-11-12-20-26(22)28(24-16-7-3-8-17-24,25-18-9-4-10-19-25)27-21-23-14-5-2-6-15-23/h2-20H,21H2,1H3. The first-order valence-electron chi connectivity index (χ1n) is 9.66. The summed E-state index contributed by atoms with van der Waals surface area (Å²) in [6, 6.07) is 40.6. The number of rotatable bonds is 6. The Labute approximate surface area is 168 Å². The van der Waals surface area contributed by atoms with Crippen molar-refractivity contribution in [3.8, 4) is 0 Å². The Morgan fingerprint density at radius 2 is 1.04 bits per heavy atom. The molecule has 0 spiro atoms. The average Bonchev–Trinajstić information content (AvgIpc) is 2.77. The Morgan fingerprint density at radius 1 is 0.571 bits per heavy atom. The molecule has 4 aromatic rings. The van der Waals surface area contributed by atoms with Crippen LogP contribution in [0.3, 0.4) is 0 Å². The summed E-state index contributed by atoms with van der Waals surface area (Å²) in [5.74, 6) is 0. The van der Waals surface area contributed by atoms with Crippen LogP contribution < -0.4 is 15.6 Å². The Balaban J connectivity index is 1.93. The average molecular weight is 381 g/mol. The highest BCUT2D eigenvalue weighted by Crippen LogP contribution is 2.14. The summed E-state index contributed by atoms with van der Waals surface area (Å²) in [7, 11) is -2.65. The van der Waals surface area contributed by atoms with E-state index in [9.17, 15) is 0 Å². The van der Waals surface area contributed by atoms with Gasteiger partial charge in [-0.25, -0.2) is 0 Å². The minimum Gasteiger partial charge on any atom is -0.400 e. The molecule has 2 heteroatoms. The van der Waals surface area contributed by atoms with Gasteiger partial charge in [-0.2, -0.15) is 0 Å². The van der Waals surface area contributed by atoms with Gasteiger partial charge in [0.25, 0.3) is 8.32 Å². The summed E-state index contributed by atoms with van der Waals surface area (Å²) in [4.78, 5) is 0. The topological polar surface area (TPSA) is 9.23 Å². The van der Waals surface area contributed by atoms with Crippen LogP contribution in [0.4, 0.5) is 0 Å². The SMILES string of the molecule is Cc1ccccc1[Si](OCc1ccccc1)(c1ccccc1)c1ccccc1. The molecule has 4 aromatic carbocycles. The molecule has 0 aliphatic rings. The molecule has 28 heavy (non-hydrogen) atoms. The van der Waals surface area contributed by atoms with Crippen molar-refractivity contribution in [3.05, 3.63) is 126 Å². The molecule has 0 atom stereocenters. The fourth-order valence-corrected chi connectivity index (χ4v) is 7.92. The minimum atomic E-state index is -2.65. The fraction of sp³-hybridized carbons (Fsp3) is 0.0769. The lowest BCUT2D eigenvalue weighted by molar-refractivity contribution is 0.311. The molecule has 0 aromatic heterocycles. The van der Waals surface area contributed by atoms with E-state index in [1.54, 1.807) is 0 Å². The first-order valence-corrected chi connectivity index (χ1v) is 11.6. The van der Waals surface area contributed by atoms with Crippen molar-refractivity contribution >= 4 is 23.9 Å². The third kappa shape index (κ3) is 3.57. The molecule has 0 aliphatic heterocycles. The van der Waals surface area contributed by atoms with Crippen LogP contribution in [0.2, 0.25) is 0 Å². The van der Waals surface area contributed by atoms with Crippen LogP contribution >= 0.6 is 0 Å². The van der Waals surface area contributed by atoms with E-state index < -0.39 is 8.32 Å². The van der Waals surface area contributed by atoms with Gasteiger partial charge >= 0.3 is 0 Å². The van der Waals surface area contributed by atoms with E-state index in [2.05, 4.69) is 116 Å². The number of hydrogen-bond acceptors (Lipinski definition) is 1. The Kier molecular flexibility index (Phi) is 5.52. The molecule has 1 nitrogen and oxygen atoms in total. The molecule has 0 N–H and O–H groups in total. The van der Waals surface area contributed by atoms with E-state index in [1.165, 1.54) is 26.7 Å². The van der Waals surface area contributed by atoms with Crippen LogP contribution in [-0.4, -0.2) is 8.32 Å². The Bertz CT molecular complexity index is 974. The lowest BCUT2D eigenvalue weighted by Crippen LogP contribution is -2.69. The maximum Gasteiger partial charge on any atom is 0.288 e. The van der Waals surface area contributed by atoms with Crippen molar-refractivity contribution in [2.24, 2.45) is 0 Å². The Morgan fingerprint density at radius 3 is 1.57 bits per heavy atom. The highest BCUT2D eigenvalue weighted by Gasteiger charge is 2.42. The summed E-state index contributed by atoms with van der Waals surface area (Å²) < 4.78 is 6.99. The molecule has 0 bridgehead atoms. The summed E-state index contributed by atoms with van der Waals surface area (Å²) in [6.45, 7) is 2.78. The zero-order valence-electron chi connectivity index (χ0n) is 16.1. The van der Waals surface area contributed by atoms with E-state index in [1.807, 2.05) is 6.07 Å². The zero-order valence-corrected chi connectivity index (χ0v) is 17.1.